The molecule has 0 aliphatic heterocycles. The molecule has 2 amide bonds. The Morgan fingerprint density at radius 3 is 2.29 bits per heavy atom. The van der Waals surface area contributed by atoms with Crippen molar-refractivity contribution < 1.29 is 43.2 Å². The van der Waals surface area contributed by atoms with Crippen molar-refractivity contribution >= 4 is 29.3 Å². The summed E-state index contributed by atoms with van der Waals surface area (Å²) in [5.74, 6) is -0.589. The van der Waals surface area contributed by atoms with Crippen LogP contribution in [0.2, 0.25) is 0 Å². The molecule has 48 heavy (non-hydrogen) atoms. The van der Waals surface area contributed by atoms with Crippen LogP contribution < -0.4 is 10.6 Å². The lowest BCUT2D eigenvalue weighted by Crippen LogP contribution is -2.27. The van der Waals surface area contributed by atoms with Crippen molar-refractivity contribution in [3.8, 4) is 11.1 Å². The number of anilines is 1. The van der Waals surface area contributed by atoms with Crippen LogP contribution in [0.4, 0.5) is 5.69 Å². The van der Waals surface area contributed by atoms with Crippen LogP contribution in [0.3, 0.4) is 0 Å². The minimum Gasteiger partial charge on any atom is -0.465 e. The first-order valence-electron chi connectivity index (χ1n) is 17.0. The minimum atomic E-state index is -0.366. The molecule has 0 radical (unpaired) electrons. The Bertz CT molecular complexity index is 1300. The zero-order valence-corrected chi connectivity index (χ0v) is 29.1. The Labute approximate surface area is 285 Å². The van der Waals surface area contributed by atoms with Gasteiger partial charge in [-0.3, -0.25) is 19.2 Å². The number of esters is 1. The molecular weight excluding hydrogens is 616 g/mol. The number of hydrogen-bond donors (Lipinski definition) is 3. The molecule has 0 saturated carbocycles. The Morgan fingerprint density at radius 2 is 1.58 bits per heavy atom. The molecule has 0 spiro atoms. The van der Waals surface area contributed by atoms with Crippen molar-refractivity contribution in [2.24, 2.45) is 0 Å². The Morgan fingerprint density at radius 1 is 0.833 bits per heavy atom. The number of amides is 2. The predicted molar refractivity (Wildman–Crippen MR) is 185 cm³/mol. The van der Waals surface area contributed by atoms with E-state index < -0.39 is 0 Å². The second-order valence-corrected chi connectivity index (χ2v) is 11.6. The molecule has 3 rings (SSSR count). The van der Waals surface area contributed by atoms with E-state index in [2.05, 4.69) is 17.6 Å². The smallest absolute Gasteiger partial charge is 0.302 e. The number of Topliss-reactive ketones (excluding diaryl/α,β-unsaturated/α-hetero) is 1. The summed E-state index contributed by atoms with van der Waals surface area (Å²) >= 11 is 0. The number of ether oxygens (including phenoxy) is 4. The van der Waals surface area contributed by atoms with E-state index in [0.717, 1.165) is 54.5 Å². The number of unbranched alkanes of at least 4 members (excludes halogenated alkanes) is 2. The van der Waals surface area contributed by atoms with Gasteiger partial charge in [-0.05, 0) is 66.5 Å². The first-order chi connectivity index (χ1) is 23.2. The highest BCUT2D eigenvalue weighted by atomic mass is 16.5. The summed E-state index contributed by atoms with van der Waals surface area (Å²) in [5, 5.41) is 14.4. The molecule has 0 aromatic heterocycles. The topological polar surface area (TPSA) is 149 Å². The van der Waals surface area contributed by atoms with Crippen molar-refractivity contribution in [3.05, 3.63) is 53.1 Å². The number of methoxy groups -OCH3 is 1. The molecule has 1 aliphatic rings. The molecule has 1 unspecified atom stereocenters. The average Bonchev–Trinajstić information content (AvgIpc) is 3.38. The maximum absolute atomic E-state index is 13.1. The number of benzene rings is 2. The zero-order valence-electron chi connectivity index (χ0n) is 29.1. The number of carbonyl (C=O) groups is 4. The number of aliphatic hydroxyl groups is 1. The van der Waals surface area contributed by atoms with Crippen molar-refractivity contribution in [2.45, 2.75) is 78.1 Å². The number of nitrogens with one attached hydrogen (secondary N) is 2. The molecule has 0 fully saturated rings. The van der Waals surface area contributed by atoms with Crippen molar-refractivity contribution in [2.75, 3.05) is 65.2 Å². The second kappa shape index (κ2) is 23.6. The van der Waals surface area contributed by atoms with E-state index in [4.69, 9.17) is 24.1 Å². The number of hydrogen-bond acceptors (Lipinski definition) is 9. The summed E-state index contributed by atoms with van der Waals surface area (Å²) in [6, 6.07) is 11.3. The van der Waals surface area contributed by atoms with Gasteiger partial charge in [0, 0.05) is 90.5 Å². The van der Waals surface area contributed by atoms with Gasteiger partial charge in [0.15, 0.2) is 5.78 Å². The summed E-state index contributed by atoms with van der Waals surface area (Å²) < 4.78 is 21.1. The highest BCUT2D eigenvalue weighted by Gasteiger charge is 2.33. The van der Waals surface area contributed by atoms with Gasteiger partial charge in [-0.1, -0.05) is 37.6 Å². The van der Waals surface area contributed by atoms with E-state index in [-0.39, 0.29) is 42.7 Å². The van der Waals surface area contributed by atoms with E-state index in [1.54, 1.807) is 7.11 Å². The average molecular weight is 671 g/mol. The molecule has 3 N–H and O–H groups in total. The van der Waals surface area contributed by atoms with Crippen LogP contribution >= 0.6 is 0 Å². The van der Waals surface area contributed by atoms with Gasteiger partial charge in [-0.15, -0.1) is 0 Å². The second-order valence-electron chi connectivity index (χ2n) is 11.6. The molecule has 0 bridgehead atoms. The van der Waals surface area contributed by atoms with Crippen LogP contribution in [0.1, 0.15) is 99.5 Å². The van der Waals surface area contributed by atoms with E-state index in [9.17, 15) is 19.2 Å². The Hall–Kier alpha value is -3.64. The standard InChI is InChI=1S/C26H31NO6.C11H23NO3/c1-17(29)27-19-10-11-21-23(15-19)24(16-33-18(2)30)20-7-5-8-22(26(20)21)25(31)9-6-14-32-13-4-3-12-28;1-3-4-6-11(13)12-7-10-15-9-5-8-14-2/h5,7-8,10-11,15,24,28H,3-4,6,9,12-14,16H2,1-2H3,(H,27,29);3-10H2,1-2H3,(H,12,13). The van der Waals surface area contributed by atoms with Gasteiger partial charge in [0.1, 0.15) is 6.61 Å². The van der Waals surface area contributed by atoms with Crippen molar-refractivity contribution in [3.63, 3.8) is 0 Å². The van der Waals surface area contributed by atoms with Gasteiger partial charge >= 0.3 is 5.97 Å². The first-order valence-corrected chi connectivity index (χ1v) is 17.0. The van der Waals surface area contributed by atoms with Crippen molar-refractivity contribution in [1.82, 2.24) is 5.32 Å². The summed E-state index contributed by atoms with van der Waals surface area (Å²) in [6.07, 6.45) is 6.05. The largest absolute Gasteiger partial charge is 0.465 e. The van der Waals surface area contributed by atoms with Gasteiger partial charge in [0.2, 0.25) is 11.8 Å². The van der Waals surface area contributed by atoms with Gasteiger partial charge in [-0.2, -0.15) is 0 Å². The van der Waals surface area contributed by atoms with Gasteiger partial charge in [-0.25, -0.2) is 0 Å². The number of rotatable bonds is 22. The van der Waals surface area contributed by atoms with Crippen LogP contribution in [0.25, 0.3) is 11.1 Å². The third kappa shape index (κ3) is 14.6. The lowest BCUT2D eigenvalue weighted by Gasteiger charge is -2.14. The number of carbonyl (C=O) groups excluding carboxylic acids is 4. The summed E-state index contributed by atoms with van der Waals surface area (Å²) in [4.78, 5) is 47.3. The van der Waals surface area contributed by atoms with E-state index in [0.29, 0.717) is 69.9 Å². The summed E-state index contributed by atoms with van der Waals surface area (Å²) in [5.41, 5.74) is 4.95. The lowest BCUT2D eigenvalue weighted by atomic mass is 9.93. The molecule has 2 aromatic rings. The van der Waals surface area contributed by atoms with Gasteiger partial charge in [0.05, 0.1) is 6.61 Å². The third-order valence-electron chi connectivity index (χ3n) is 7.59. The summed E-state index contributed by atoms with van der Waals surface area (Å²) in [7, 11) is 1.67. The van der Waals surface area contributed by atoms with Crippen molar-refractivity contribution in [1.29, 1.82) is 0 Å². The molecule has 0 heterocycles. The quantitative estimate of drug-likeness (QED) is 0.0848. The van der Waals surface area contributed by atoms with Crippen LogP contribution in [-0.4, -0.2) is 88.6 Å². The Balaban J connectivity index is 0.000000450. The fourth-order valence-corrected chi connectivity index (χ4v) is 5.28. The van der Waals surface area contributed by atoms with Gasteiger partial charge in [0.25, 0.3) is 0 Å². The first kappa shape index (κ1) is 40.5. The van der Waals surface area contributed by atoms with E-state index >= 15 is 0 Å². The van der Waals surface area contributed by atoms with Crippen LogP contribution in [0.15, 0.2) is 36.4 Å². The highest BCUT2D eigenvalue weighted by molar-refractivity contribution is 6.05. The fourth-order valence-electron chi connectivity index (χ4n) is 5.28. The number of ketones is 1. The maximum atomic E-state index is 13.1. The molecule has 0 saturated heterocycles. The summed E-state index contributed by atoms with van der Waals surface area (Å²) in [6.45, 7) is 8.91. The highest BCUT2D eigenvalue weighted by Crippen LogP contribution is 2.47. The minimum absolute atomic E-state index is 0.0378. The Kier molecular flexibility index (Phi) is 20.0. The molecule has 1 aliphatic carbocycles. The van der Waals surface area contributed by atoms with Crippen LogP contribution in [0, 0.1) is 0 Å². The zero-order chi connectivity index (χ0) is 35.1. The fraction of sp³-hybridized carbons (Fsp3) is 0.568. The van der Waals surface area contributed by atoms with Gasteiger partial charge < -0.3 is 34.7 Å². The molecule has 2 aromatic carbocycles. The van der Waals surface area contributed by atoms with Crippen LogP contribution in [-0.2, 0) is 33.3 Å². The van der Waals surface area contributed by atoms with E-state index in [1.807, 2.05) is 36.4 Å². The maximum Gasteiger partial charge on any atom is 0.302 e. The number of aliphatic hydroxyl groups excluding tert-OH is 1. The molecular formula is C37H54N2O9. The predicted octanol–water partition coefficient (Wildman–Crippen LogP) is 5.42. The normalized spacial score (nSPS) is 12.7. The molecule has 1 atom stereocenters. The molecule has 11 heteroatoms. The third-order valence-corrected chi connectivity index (χ3v) is 7.59. The molecule has 266 valence electrons. The SMILES string of the molecule is CC(=O)Nc1ccc2c(c1)C(COC(C)=O)c1cccc(C(=O)CCCOCCCCO)c1-2.CCCCC(=O)NCCOCCCOC. The number of fused-ring (bicyclic) bond motifs is 3. The van der Waals surface area contributed by atoms with Crippen LogP contribution in [0.5, 0.6) is 0 Å². The lowest BCUT2D eigenvalue weighted by molar-refractivity contribution is -0.141. The molecule has 11 nitrogen and oxygen atoms in total. The van der Waals surface area contributed by atoms with E-state index in [1.165, 1.54) is 13.8 Å². The monoisotopic (exact) mass is 670 g/mol.